The van der Waals surface area contributed by atoms with Gasteiger partial charge in [-0.15, -0.1) is 0 Å². The Balaban J connectivity index is 2.06. The maximum Gasteiger partial charge on any atom is 0.231 e. The minimum Gasteiger partial charge on any atom is -0.507 e. The van der Waals surface area contributed by atoms with Gasteiger partial charge in [-0.2, -0.15) is 0 Å². The van der Waals surface area contributed by atoms with Crippen LogP contribution < -0.4 is 5.32 Å². The van der Waals surface area contributed by atoms with E-state index in [4.69, 9.17) is 4.74 Å². The van der Waals surface area contributed by atoms with E-state index in [0.29, 0.717) is 0 Å². The average Bonchev–Trinajstić information content (AvgIpc) is 2.76. The van der Waals surface area contributed by atoms with E-state index in [9.17, 15) is 34.5 Å². The van der Waals surface area contributed by atoms with Crippen LogP contribution in [0.2, 0.25) is 0 Å². The summed E-state index contributed by atoms with van der Waals surface area (Å²) in [5, 5.41) is 34.5. The van der Waals surface area contributed by atoms with E-state index in [1.165, 1.54) is 39.8 Å². The van der Waals surface area contributed by atoms with Crippen LogP contribution in [0.5, 0.6) is 5.75 Å². The minimum absolute atomic E-state index is 0.0609. The maximum absolute atomic E-state index is 13.4. The summed E-state index contributed by atoms with van der Waals surface area (Å²) < 4.78 is 5.70. The largest absolute Gasteiger partial charge is 0.507 e. The van der Waals surface area contributed by atoms with Gasteiger partial charge in [0.25, 0.3) is 0 Å². The Morgan fingerprint density at radius 1 is 1.06 bits per heavy atom. The van der Waals surface area contributed by atoms with Crippen LogP contribution in [0.15, 0.2) is 29.2 Å². The molecule has 9 nitrogen and oxygen atoms in total. The third-order valence-electron chi connectivity index (χ3n) is 6.30. The van der Waals surface area contributed by atoms with Crippen molar-refractivity contribution >= 4 is 23.1 Å². The summed E-state index contributed by atoms with van der Waals surface area (Å²) in [5.41, 5.74) is -2.35. The number of nitrogens with one attached hydrogen (secondary N) is 1. The minimum atomic E-state index is -1.87. The van der Waals surface area contributed by atoms with Gasteiger partial charge in [0.15, 0.2) is 17.1 Å². The highest BCUT2D eigenvalue weighted by Gasteiger charge is 2.50. The molecule has 0 unspecified atom stereocenters. The van der Waals surface area contributed by atoms with Crippen LogP contribution >= 0.6 is 0 Å². The smallest absolute Gasteiger partial charge is 0.231 e. The van der Waals surface area contributed by atoms with Crippen molar-refractivity contribution in [3.63, 3.8) is 0 Å². The van der Waals surface area contributed by atoms with Crippen molar-refractivity contribution in [1.82, 2.24) is 5.32 Å². The fraction of sp³-hybridized carbons (Fsp3) is 0.391. The van der Waals surface area contributed by atoms with Gasteiger partial charge in [-0.3, -0.25) is 19.2 Å². The Bertz CT molecular complexity index is 1180. The molecule has 1 aromatic rings. The number of aliphatic hydroxyl groups is 2. The number of benzene rings is 1. The highest BCUT2D eigenvalue weighted by atomic mass is 16.5. The van der Waals surface area contributed by atoms with E-state index >= 15 is 0 Å². The summed E-state index contributed by atoms with van der Waals surface area (Å²) in [6.07, 6.45) is -2.09. The monoisotopic (exact) mass is 441 g/mol. The number of carbonyl (C=O) groups excluding carboxylic acids is 4. The van der Waals surface area contributed by atoms with Crippen molar-refractivity contribution < 1.29 is 39.2 Å². The van der Waals surface area contributed by atoms with Crippen LogP contribution in [0.1, 0.15) is 57.4 Å². The molecule has 4 N–H and O–H groups in total. The Kier molecular flexibility index (Phi) is 4.87. The predicted molar refractivity (Wildman–Crippen MR) is 110 cm³/mol. The molecule has 9 heteroatoms. The second-order valence-corrected chi connectivity index (χ2v) is 8.73. The van der Waals surface area contributed by atoms with Crippen molar-refractivity contribution in [3.05, 3.63) is 51.4 Å². The number of ether oxygens (including phenoxy) is 1. The number of phenols is 1. The topological polar surface area (TPSA) is 150 Å². The van der Waals surface area contributed by atoms with Gasteiger partial charge >= 0.3 is 0 Å². The highest BCUT2D eigenvalue weighted by molar-refractivity contribution is 6.31. The number of aromatic hydroxyl groups is 1. The number of fused-ring (bicyclic) bond motifs is 1. The second-order valence-electron chi connectivity index (χ2n) is 8.73. The quantitative estimate of drug-likeness (QED) is 0.457. The van der Waals surface area contributed by atoms with E-state index < -0.39 is 58.4 Å². The van der Waals surface area contributed by atoms with Crippen LogP contribution in [0.25, 0.3) is 0 Å². The van der Waals surface area contributed by atoms with Crippen LogP contribution in [0.4, 0.5) is 0 Å². The standard InChI is InChI=1S/C23H23NO8/c1-8-5-9(2)17(27)20(30)22(31)23(4)7-24-14-18(28)11-6-10(3)16(26)13(15(8)25)12(11)19(29)21(14)32-23/h5-6,9,17,20,24,26-27,30H,7H2,1-4H3/b8-5+/t9-,17+,20+,23+/m1/s1. The number of phenolic OH excluding ortho intramolecular Hbond substituents is 1. The highest BCUT2D eigenvalue weighted by Crippen LogP contribution is 2.39. The van der Waals surface area contributed by atoms with Gasteiger partial charge in [-0.25, -0.2) is 0 Å². The van der Waals surface area contributed by atoms with E-state index in [1.54, 1.807) is 0 Å². The number of allylic oxidation sites excluding steroid dienone is 3. The summed E-state index contributed by atoms with van der Waals surface area (Å²) in [6.45, 7) is 5.54. The zero-order valence-corrected chi connectivity index (χ0v) is 18.0. The van der Waals surface area contributed by atoms with Crippen molar-refractivity contribution in [2.75, 3.05) is 6.54 Å². The zero-order chi connectivity index (χ0) is 23.7. The van der Waals surface area contributed by atoms with Crippen LogP contribution in [-0.4, -0.2) is 62.8 Å². The number of carbonyl (C=O) groups is 4. The van der Waals surface area contributed by atoms with Crippen molar-refractivity contribution in [1.29, 1.82) is 0 Å². The molecule has 168 valence electrons. The lowest BCUT2D eigenvalue weighted by molar-refractivity contribution is -0.154. The molecule has 0 radical (unpaired) electrons. The Morgan fingerprint density at radius 2 is 1.72 bits per heavy atom. The molecule has 0 saturated carbocycles. The van der Waals surface area contributed by atoms with Crippen LogP contribution in [0, 0.1) is 12.8 Å². The normalized spacial score (nSPS) is 31.8. The number of aliphatic hydroxyl groups excluding tert-OH is 2. The summed E-state index contributed by atoms with van der Waals surface area (Å²) in [5.74, 6) is -4.82. The lowest BCUT2D eigenvalue weighted by Gasteiger charge is -2.39. The first-order valence-corrected chi connectivity index (χ1v) is 10.2. The molecule has 0 saturated heterocycles. The molecule has 0 fully saturated rings. The molecular weight excluding hydrogens is 418 g/mol. The predicted octanol–water partition coefficient (Wildman–Crippen LogP) is 0.739. The lowest BCUT2D eigenvalue weighted by atomic mass is 9.82. The van der Waals surface area contributed by atoms with Gasteiger partial charge in [-0.1, -0.05) is 13.0 Å². The molecule has 0 aromatic heterocycles. The number of hydrogen-bond acceptors (Lipinski definition) is 9. The third kappa shape index (κ3) is 2.92. The van der Waals surface area contributed by atoms with Crippen molar-refractivity contribution in [2.24, 2.45) is 5.92 Å². The van der Waals surface area contributed by atoms with E-state index in [-0.39, 0.29) is 40.1 Å². The molecule has 3 aliphatic rings. The zero-order valence-electron chi connectivity index (χ0n) is 18.0. The first-order valence-electron chi connectivity index (χ1n) is 10.2. The fourth-order valence-electron chi connectivity index (χ4n) is 4.34. The molecule has 1 aliphatic carbocycles. The number of rotatable bonds is 0. The Morgan fingerprint density at radius 3 is 2.38 bits per heavy atom. The number of aryl methyl sites for hydroxylation is 1. The molecule has 3 bridgehead atoms. The third-order valence-corrected chi connectivity index (χ3v) is 6.30. The fourth-order valence-corrected chi connectivity index (χ4v) is 4.34. The molecule has 2 aliphatic heterocycles. The van der Waals surface area contributed by atoms with Gasteiger partial charge in [0.05, 0.1) is 23.8 Å². The first-order chi connectivity index (χ1) is 14.9. The Labute approximate surface area is 183 Å². The molecule has 4 rings (SSSR count). The van der Waals surface area contributed by atoms with Gasteiger partial charge < -0.3 is 25.4 Å². The summed E-state index contributed by atoms with van der Waals surface area (Å²) in [4.78, 5) is 52.9. The van der Waals surface area contributed by atoms with Gasteiger partial charge in [0.2, 0.25) is 17.3 Å². The van der Waals surface area contributed by atoms with Crippen LogP contribution in [0.3, 0.4) is 0 Å². The van der Waals surface area contributed by atoms with Crippen molar-refractivity contribution in [3.8, 4) is 5.75 Å². The van der Waals surface area contributed by atoms with Crippen molar-refractivity contribution in [2.45, 2.75) is 45.5 Å². The maximum atomic E-state index is 13.4. The average molecular weight is 441 g/mol. The lowest BCUT2D eigenvalue weighted by Crippen LogP contribution is -2.58. The Hall–Kier alpha value is -3.30. The molecule has 0 amide bonds. The van der Waals surface area contributed by atoms with E-state index in [0.717, 1.165) is 0 Å². The molecule has 0 spiro atoms. The number of Topliss-reactive ketones (excluding diaryl/α,β-unsaturated/α-hetero) is 4. The summed E-state index contributed by atoms with van der Waals surface area (Å²) in [7, 11) is 0. The number of hydrogen-bond donors (Lipinski definition) is 4. The molecule has 1 aromatic carbocycles. The van der Waals surface area contributed by atoms with E-state index in [1.807, 2.05) is 0 Å². The first kappa shape index (κ1) is 21.9. The SMILES string of the molecule is C/C1=C\[C@@H](C)[C@H](O)[C@H](O)C(=O)[C@]2(C)CNC3=C(O2)C(=O)c2c(cc(C)c(O)c2C1=O)C3=O. The van der Waals surface area contributed by atoms with Crippen LogP contribution in [-0.2, 0) is 9.53 Å². The molecular formula is C23H23NO8. The second kappa shape index (κ2) is 7.11. The molecule has 4 atom stereocenters. The van der Waals surface area contributed by atoms with Gasteiger partial charge in [0, 0.05) is 11.5 Å². The molecule has 2 heterocycles. The summed E-state index contributed by atoms with van der Waals surface area (Å²) >= 11 is 0. The van der Waals surface area contributed by atoms with Gasteiger partial charge in [0.1, 0.15) is 17.6 Å². The van der Waals surface area contributed by atoms with Gasteiger partial charge in [-0.05, 0) is 38.0 Å². The number of ketones is 4. The summed E-state index contributed by atoms with van der Waals surface area (Å²) in [6, 6.07) is 1.33. The van der Waals surface area contributed by atoms with E-state index in [2.05, 4.69) is 5.32 Å². The molecule has 32 heavy (non-hydrogen) atoms.